The molecule has 0 radical (unpaired) electrons. The van der Waals surface area contributed by atoms with Crippen LogP contribution in [0.3, 0.4) is 0 Å². The molecular weight excluding hydrogens is 266 g/mol. The van der Waals surface area contributed by atoms with Crippen LogP contribution >= 0.6 is 0 Å². The van der Waals surface area contributed by atoms with Crippen LogP contribution in [0.4, 0.5) is 0 Å². The van der Waals surface area contributed by atoms with Gasteiger partial charge in [-0.25, -0.2) is 4.79 Å². The first kappa shape index (κ1) is 15.4. The van der Waals surface area contributed by atoms with Gasteiger partial charge in [-0.2, -0.15) is 0 Å². The lowest BCUT2D eigenvalue weighted by Crippen LogP contribution is -2.43. The van der Waals surface area contributed by atoms with E-state index in [-0.39, 0.29) is 11.5 Å². The van der Waals surface area contributed by atoms with E-state index in [0.717, 1.165) is 11.1 Å². The molecule has 0 heterocycles. The highest BCUT2D eigenvalue weighted by Gasteiger charge is 2.21. The first-order valence-electron chi connectivity index (χ1n) is 5.79. The van der Waals surface area contributed by atoms with Crippen LogP contribution in [-0.2, 0) is 26.1 Å². The van der Waals surface area contributed by atoms with Crippen molar-refractivity contribution in [3.05, 3.63) is 35.4 Å². The molecule has 19 heavy (non-hydrogen) atoms. The number of amides is 1. The molecule has 0 aliphatic carbocycles. The zero-order chi connectivity index (χ0) is 14.4. The van der Waals surface area contributed by atoms with Gasteiger partial charge in [-0.15, -0.1) is 0 Å². The molecule has 0 saturated heterocycles. The number of rotatable bonds is 6. The predicted octanol–water partition coefficient (Wildman–Crippen LogP) is 0.833. The summed E-state index contributed by atoms with van der Waals surface area (Å²) in [7, 11) is -1.34. The molecular formula is C13H17NO4S. The van der Waals surface area contributed by atoms with Gasteiger partial charge in [0.25, 0.3) is 0 Å². The lowest BCUT2D eigenvalue weighted by atomic mass is 10.2. The van der Waals surface area contributed by atoms with Gasteiger partial charge in [0, 0.05) is 23.5 Å². The Balaban J connectivity index is 2.59. The summed E-state index contributed by atoms with van der Waals surface area (Å²) in [4.78, 5) is 21.8. The monoisotopic (exact) mass is 283 g/mol. The number of carboxylic acid groups (broad SMARTS) is 1. The normalized spacial score (nSPS) is 13.6. The minimum Gasteiger partial charge on any atom is -0.480 e. The molecule has 1 aromatic rings. The van der Waals surface area contributed by atoms with Gasteiger partial charge in [-0.3, -0.25) is 9.00 Å². The maximum atomic E-state index is 11.9. The predicted molar refractivity (Wildman–Crippen MR) is 73.1 cm³/mol. The van der Waals surface area contributed by atoms with Gasteiger partial charge in [-0.1, -0.05) is 29.8 Å². The third-order valence-electron chi connectivity index (χ3n) is 2.48. The molecule has 1 rings (SSSR count). The Morgan fingerprint density at radius 3 is 2.37 bits per heavy atom. The van der Waals surface area contributed by atoms with Gasteiger partial charge in [-0.05, 0) is 12.5 Å². The maximum Gasteiger partial charge on any atom is 0.327 e. The van der Waals surface area contributed by atoms with Crippen molar-refractivity contribution in [2.75, 3.05) is 5.75 Å². The molecule has 0 aliphatic rings. The van der Waals surface area contributed by atoms with Crippen LogP contribution in [0, 0.1) is 6.92 Å². The molecule has 0 bridgehead atoms. The number of carbonyl (C=O) groups is 2. The number of nitrogens with one attached hydrogen (secondary N) is 1. The molecule has 2 atom stereocenters. The molecule has 0 aliphatic heterocycles. The SMILES string of the molecule is CC(=O)N[C@@H](CS(=O)Cc1ccc(C)cc1)C(=O)O. The number of hydrogen-bond donors (Lipinski definition) is 2. The van der Waals surface area contributed by atoms with Crippen molar-refractivity contribution < 1.29 is 18.9 Å². The molecule has 1 unspecified atom stereocenters. The number of benzene rings is 1. The topological polar surface area (TPSA) is 83.5 Å². The first-order chi connectivity index (χ1) is 8.88. The van der Waals surface area contributed by atoms with Crippen molar-refractivity contribution in [2.24, 2.45) is 0 Å². The summed E-state index contributed by atoms with van der Waals surface area (Å²) in [6.07, 6.45) is 0. The van der Waals surface area contributed by atoms with E-state index in [4.69, 9.17) is 5.11 Å². The highest BCUT2D eigenvalue weighted by atomic mass is 32.2. The van der Waals surface area contributed by atoms with Gasteiger partial charge in [0.2, 0.25) is 5.91 Å². The van der Waals surface area contributed by atoms with Gasteiger partial charge in [0.1, 0.15) is 6.04 Å². The largest absolute Gasteiger partial charge is 0.480 e. The fourth-order valence-electron chi connectivity index (χ4n) is 1.54. The fraction of sp³-hybridized carbons (Fsp3) is 0.385. The van der Waals surface area contributed by atoms with Crippen LogP contribution in [0.5, 0.6) is 0 Å². The Morgan fingerprint density at radius 2 is 1.89 bits per heavy atom. The Morgan fingerprint density at radius 1 is 1.32 bits per heavy atom. The van der Waals surface area contributed by atoms with E-state index in [1.165, 1.54) is 6.92 Å². The van der Waals surface area contributed by atoms with Crippen LogP contribution < -0.4 is 5.32 Å². The highest BCUT2D eigenvalue weighted by Crippen LogP contribution is 2.07. The molecule has 1 amide bonds. The standard InChI is InChI=1S/C13H17NO4S/c1-9-3-5-11(6-4-9)7-19(18)8-12(13(16)17)14-10(2)15/h3-6,12H,7-8H2,1-2H3,(H,14,15)(H,16,17)/t12-,19?/m0/s1. The van der Waals surface area contributed by atoms with E-state index in [1.54, 1.807) is 0 Å². The van der Waals surface area contributed by atoms with Crippen molar-refractivity contribution >= 4 is 22.7 Å². The summed E-state index contributed by atoms with van der Waals surface area (Å²) in [6, 6.07) is 6.44. The van der Waals surface area contributed by atoms with Crippen LogP contribution in [-0.4, -0.2) is 33.0 Å². The number of carbonyl (C=O) groups excluding carboxylic acids is 1. The third kappa shape index (κ3) is 5.65. The van der Waals surface area contributed by atoms with E-state index in [2.05, 4.69) is 5.32 Å². The van der Waals surface area contributed by atoms with Gasteiger partial charge < -0.3 is 10.4 Å². The van der Waals surface area contributed by atoms with Crippen LogP contribution in [0.15, 0.2) is 24.3 Å². The Hall–Kier alpha value is -1.69. The summed E-state index contributed by atoms with van der Waals surface area (Å²) in [5.74, 6) is -1.43. The number of aryl methyl sites for hydroxylation is 1. The third-order valence-corrected chi connectivity index (χ3v) is 3.84. The highest BCUT2D eigenvalue weighted by molar-refractivity contribution is 7.84. The minimum atomic E-state index is -1.34. The molecule has 0 fully saturated rings. The second kappa shape index (κ2) is 7.04. The van der Waals surface area contributed by atoms with Gasteiger partial charge in [0.15, 0.2) is 0 Å². The Kier molecular flexibility index (Phi) is 5.69. The van der Waals surface area contributed by atoms with E-state index in [1.807, 2.05) is 31.2 Å². The molecule has 0 spiro atoms. The van der Waals surface area contributed by atoms with Crippen molar-refractivity contribution in [1.82, 2.24) is 5.32 Å². The summed E-state index contributed by atoms with van der Waals surface area (Å²) in [5.41, 5.74) is 1.99. The summed E-state index contributed by atoms with van der Waals surface area (Å²) in [6.45, 7) is 3.19. The fourth-order valence-corrected chi connectivity index (χ4v) is 2.81. The second-order valence-corrected chi connectivity index (χ2v) is 5.83. The molecule has 1 aromatic carbocycles. The number of aliphatic carboxylic acids is 1. The average Bonchev–Trinajstić information content (AvgIpc) is 2.30. The van der Waals surface area contributed by atoms with Gasteiger partial charge >= 0.3 is 5.97 Å². The molecule has 104 valence electrons. The maximum absolute atomic E-state index is 11.9. The van der Waals surface area contributed by atoms with Crippen molar-refractivity contribution in [3.8, 4) is 0 Å². The van der Waals surface area contributed by atoms with E-state index >= 15 is 0 Å². The van der Waals surface area contributed by atoms with Crippen LogP contribution in [0.2, 0.25) is 0 Å². The smallest absolute Gasteiger partial charge is 0.327 e. The number of carboxylic acids is 1. The van der Waals surface area contributed by atoms with Crippen LogP contribution in [0.25, 0.3) is 0 Å². The lowest BCUT2D eigenvalue weighted by molar-refractivity contribution is -0.140. The average molecular weight is 283 g/mol. The zero-order valence-corrected chi connectivity index (χ0v) is 11.7. The minimum absolute atomic E-state index is 0.0945. The summed E-state index contributed by atoms with van der Waals surface area (Å²) in [5, 5.41) is 11.2. The lowest BCUT2D eigenvalue weighted by Gasteiger charge is -2.12. The molecule has 5 nitrogen and oxygen atoms in total. The van der Waals surface area contributed by atoms with Crippen LogP contribution in [0.1, 0.15) is 18.1 Å². The van der Waals surface area contributed by atoms with Crippen molar-refractivity contribution in [2.45, 2.75) is 25.6 Å². The Bertz CT molecular complexity index is 484. The van der Waals surface area contributed by atoms with Crippen molar-refractivity contribution in [1.29, 1.82) is 0 Å². The molecule has 0 saturated carbocycles. The van der Waals surface area contributed by atoms with E-state index in [0.29, 0.717) is 0 Å². The Labute approximate surface area is 114 Å². The second-order valence-electron chi connectivity index (χ2n) is 4.33. The molecule has 2 N–H and O–H groups in total. The van der Waals surface area contributed by atoms with Crippen molar-refractivity contribution in [3.63, 3.8) is 0 Å². The van der Waals surface area contributed by atoms with Gasteiger partial charge in [0.05, 0.1) is 5.75 Å². The first-order valence-corrected chi connectivity index (χ1v) is 7.27. The number of hydrogen-bond acceptors (Lipinski definition) is 3. The molecule has 0 aromatic heterocycles. The zero-order valence-electron chi connectivity index (χ0n) is 10.9. The summed E-state index contributed by atoms with van der Waals surface area (Å²) >= 11 is 0. The quantitative estimate of drug-likeness (QED) is 0.810. The molecule has 6 heteroatoms. The van der Waals surface area contributed by atoms with E-state index < -0.39 is 28.7 Å². The summed E-state index contributed by atoms with van der Waals surface area (Å²) < 4.78 is 11.9. The van der Waals surface area contributed by atoms with E-state index in [9.17, 15) is 13.8 Å².